The lowest BCUT2D eigenvalue weighted by atomic mass is 10.1. The summed E-state index contributed by atoms with van der Waals surface area (Å²) in [5.74, 6) is -1.49. The average molecular weight is 496 g/mol. The highest BCUT2D eigenvalue weighted by Gasteiger charge is 2.36. The van der Waals surface area contributed by atoms with Crippen molar-refractivity contribution < 1.29 is 24.2 Å². The van der Waals surface area contributed by atoms with Gasteiger partial charge >= 0.3 is 6.03 Å². The smallest absolute Gasteiger partial charge is 0.335 e. The number of carbonyl (C=O) groups excluding carboxylic acids is 3. The first-order valence-electron chi connectivity index (χ1n) is 7.55. The van der Waals surface area contributed by atoms with Crippen LogP contribution in [0.3, 0.4) is 0 Å². The molecule has 0 saturated carbocycles. The number of nitrogens with one attached hydrogen (secondary N) is 1. The second-order valence-corrected chi connectivity index (χ2v) is 7.25. The summed E-state index contributed by atoms with van der Waals surface area (Å²) in [5, 5.41) is 11.9. The number of ether oxygens (including phenoxy) is 1. The van der Waals surface area contributed by atoms with E-state index in [4.69, 9.17) is 4.74 Å². The molecule has 0 spiro atoms. The van der Waals surface area contributed by atoms with Gasteiger partial charge in [-0.2, -0.15) is 0 Å². The summed E-state index contributed by atoms with van der Waals surface area (Å²) in [5.41, 5.74) is 0.515. The van der Waals surface area contributed by atoms with Gasteiger partial charge in [-0.15, -0.1) is 0 Å². The number of imide groups is 2. The summed E-state index contributed by atoms with van der Waals surface area (Å²) in [6.07, 6.45) is 1.32. The second-order valence-electron chi connectivity index (χ2n) is 5.48. The number of amides is 4. The maximum absolute atomic E-state index is 12.8. The Morgan fingerprint density at radius 1 is 1.11 bits per heavy atom. The molecular formula is C18H12Br2N2O5. The molecule has 138 valence electrons. The Morgan fingerprint density at radius 3 is 2.41 bits per heavy atom. The van der Waals surface area contributed by atoms with Gasteiger partial charge in [0.1, 0.15) is 5.57 Å². The number of barbiturate groups is 1. The largest absolute Gasteiger partial charge is 0.504 e. The number of urea groups is 1. The first-order valence-corrected chi connectivity index (χ1v) is 9.14. The van der Waals surface area contributed by atoms with Crippen LogP contribution in [-0.2, 0) is 9.59 Å². The molecular weight excluding hydrogens is 484 g/mol. The lowest BCUT2D eigenvalue weighted by Crippen LogP contribution is -2.54. The van der Waals surface area contributed by atoms with E-state index in [-0.39, 0.29) is 17.1 Å². The summed E-state index contributed by atoms with van der Waals surface area (Å²) >= 11 is 6.55. The van der Waals surface area contributed by atoms with Crippen molar-refractivity contribution in [1.82, 2.24) is 5.32 Å². The number of nitrogens with zero attached hydrogens (tertiary/aromatic N) is 1. The molecule has 2 N–H and O–H groups in total. The van der Waals surface area contributed by atoms with E-state index < -0.39 is 17.8 Å². The van der Waals surface area contributed by atoms with Crippen LogP contribution in [-0.4, -0.2) is 30.1 Å². The van der Waals surface area contributed by atoms with Gasteiger partial charge in [0.05, 0.1) is 12.8 Å². The molecule has 0 aliphatic carbocycles. The zero-order chi connectivity index (χ0) is 19.7. The molecule has 1 heterocycles. The van der Waals surface area contributed by atoms with Crippen molar-refractivity contribution in [3.8, 4) is 11.5 Å². The summed E-state index contributed by atoms with van der Waals surface area (Å²) in [6, 6.07) is 8.53. The van der Waals surface area contributed by atoms with E-state index in [0.717, 1.165) is 9.37 Å². The number of hydrogen-bond donors (Lipinski definition) is 2. The maximum Gasteiger partial charge on any atom is 0.335 e. The highest BCUT2D eigenvalue weighted by molar-refractivity contribution is 9.10. The number of aromatic hydroxyl groups is 1. The van der Waals surface area contributed by atoms with Crippen molar-refractivity contribution in [2.24, 2.45) is 0 Å². The molecule has 7 nitrogen and oxygen atoms in total. The fourth-order valence-corrected chi connectivity index (χ4v) is 3.18. The number of phenolic OH excluding ortho intramolecular Hbond substituents is 1. The predicted molar refractivity (Wildman–Crippen MR) is 106 cm³/mol. The number of rotatable bonds is 3. The molecule has 2 aromatic carbocycles. The monoisotopic (exact) mass is 494 g/mol. The van der Waals surface area contributed by atoms with E-state index >= 15 is 0 Å². The summed E-state index contributed by atoms with van der Waals surface area (Å²) in [7, 11) is 1.38. The molecule has 0 atom stereocenters. The highest BCUT2D eigenvalue weighted by atomic mass is 79.9. The van der Waals surface area contributed by atoms with E-state index in [9.17, 15) is 19.5 Å². The van der Waals surface area contributed by atoms with Crippen LogP contribution >= 0.6 is 31.9 Å². The van der Waals surface area contributed by atoms with E-state index in [0.29, 0.717) is 15.7 Å². The van der Waals surface area contributed by atoms with Crippen LogP contribution in [0.5, 0.6) is 11.5 Å². The molecule has 1 saturated heterocycles. The van der Waals surface area contributed by atoms with Crippen molar-refractivity contribution >= 4 is 61.5 Å². The molecule has 0 aromatic heterocycles. The summed E-state index contributed by atoms with van der Waals surface area (Å²) in [4.78, 5) is 38.1. The van der Waals surface area contributed by atoms with Crippen molar-refractivity contribution in [2.45, 2.75) is 0 Å². The Bertz CT molecular complexity index is 986. The van der Waals surface area contributed by atoms with Crippen molar-refractivity contribution in [2.75, 3.05) is 12.0 Å². The van der Waals surface area contributed by atoms with E-state index in [1.54, 1.807) is 24.3 Å². The standard InChI is InChI=1S/C18H12Br2N2O5/c1-27-15-7-9(13(20)8-14(15)23)6-12-16(24)21-18(26)22(17(12)25)11-4-2-10(19)3-5-11/h2-8,23H,1H3,(H,21,24,26)/b12-6+. The number of phenols is 1. The van der Waals surface area contributed by atoms with E-state index in [1.165, 1.54) is 25.3 Å². The minimum Gasteiger partial charge on any atom is -0.504 e. The Hall–Kier alpha value is -2.65. The molecule has 0 unspecified atom stereocenters. The number of halogens is 2. The molecule has 9 heteroatoms. The van der Waals surface area contributed by atoms with Crippen LogP contribution in [0.25, 0.3) is 6.08 Å². The van der Waals surface area contributed by atoms with Gasteiger partial charge in [-0.3, -0.25) is 14.9 Å². The zero-order valence-corrected chi connectivity index (χ0v) is 17.0. The Morgan fingerprint density at radius 2 is 1.78 bits per heavy atom. The van der Waals surface area contributed by atoms with Crippen LogP contribution in [0.1, 0.15) is 5.56 Å². The third kappa shape index (κ3) is 3.74. The third-order valence-corrected chi connectivity index (χ3v) is 5.00. The first kappa shape index (κ1) is 19.1. The van der Waals surface area contributed by atoms with Gasteiger partial charge in [-0.1, -0.05) is 31.9 Å². The van der Waals surface area contributed by atoms with Gasteiger partial charge < -0.3 is 9.84 Å². The van der Waals surface area contributed by atoms with Crippen molar-refractivity contribution in [3.05, 3.63) is 56.5 Å². The van der Waals surface area contributed by atoms with Crippen LogP contribution in [0.4, 0.5) is 10.5 Å². The van der Waals surface area contributed by atoms with E-state index in [2.05, 4.69) is 37.2 Å². The molecule has 2 aromatic rings. The SMILES string of the molecule is COc1cc(/C=C2\C(=O)NC(=O)N(c3ccc(Br)cc3)C2=O)c(Br)cc1O. The molecule has 1 fully saturated rings. The molecule has 27 heavy (non-hydrogen) atoms. The number of anilines is 1. The molecule has 4 amide bonds. The van der Waals surface area contributed by atoms with Gasteiger partial charge in [-0.05, 0) is 48.0 Å². The minimum atomic E-state index is -0.827. The summed E-state index contributed by atoms with van der Waals surface area (Å²) in [6.45, 7) is 0. The summed E-state index contributed by atoms with van der Waals surface area (Å²) < 4.78 is 6.27. The highest BCUT2D eigenvalue weighted by Crippen LogP contribution is 2.34. The third-order valence-electron chi connectivity index (χ3n) is 3.78. The zero-order valence-electron chi connectivity index (χ0n) is 13.8. The Balaban J connectivity index is 2.06. The predicted octanol–water partition coefficient (Wildman–Crippen LogP) is 3.59. The van der Waals surface area contributed by atoms with Crippen molar-refractivity contribution in [1.29, 1.82) is 0 Å². The normalized spacial score (nSPS) is 15.9. The number of hydrogen-bond acceptors (Lipinski definition) is 5. The lowest BCUT2D eigenvalue weighted by molar-refractivity contribution is -0.122. The van der Waals surface area contributed by atoms with Crippen LogP contribution in [0.15, 0.2) is 50.9 Å². The van der Waals surface area contributed by atoms with Gasteiger partial charge in [0.25, 0.3) is 11.8 Å². The molecule has 0 radical (unpaired) electrons. The molecule has 3 rings (SSSR count). The Labute approximate surface area is 170 Å². The van der Waals surface area contributed by atoms with Gasteiger partial charge in [0, 0.05) is 8.95 Å². The fraction of sp³-hybridized carbons (Fsp3) is 0.0556. The minimum absolute atomic E-state index is 0.0994. The number of methoxy groups -OCH3 is 1. The van der Waals surface area contributed by atoms with E-state index in [1.807, 2.05) is 0 Å². The fourth-order valence-electron chi connectivity index (χ4n) is 2.47. The number of benzene rings is 2. The topological polar surface area (TPSA) is 95.9 Å². The van der Waals surface area contributed by atoms with Crippen LogP contribution < -0.4 is 15.0 Å². The van der Waals surface area contributed by atoms with Gasteiger partial charge in [0.15, 0.2) is 11.5 Å². The first-order chi connectivity index (χ1) is 12.8. The van der Waals surface area contributed by atoms with Crippen LogP contribution in [0, 0.1) is 0 Å². The quantitative estimate of drug-likeness (QED) is 0.501. The lowest BCUT2D eigenvalue weighted by Gasteiger charge is -2.26. The van der Waals surface area contributed by atoms with Gasteiger partial charge in [0.2, 0.25) is 0 Å². The molecule has 1 aliphatic heterocycles. The van der Waals surface area contributed by atoms with Crippen LogP contribution in [0.2, 0.25) is 0 Å². The molecule has 1 aliphatic rings. The molecule has 0 bridgehead atoms. The van der Waals surface area contributed by atoms with Crippen molar-refractivity contribution in [3.63, 3.8) is 0 Å². The Kier molecular flexibility index (Phi) is 5.33. The maximum atomic E-state index is 12.8. The average Bonchev–Trinajstić information content (AvgIpc) is 2.61. The number of carbonyl (C=O) groups is 3. The van der Waals surface area contributed by atoms with Gasteiger partial charge in [-0.25, -0.2) is 9.69 Å². The second kappa shape index (κ2) is 7.53.